The summed E-state index contributed by atoms with van der Waals surface area (Å²) in [5.74, 6) is 0. The molecule has 0 rings (SSSR count). The van der Waals surface area contributed by atoms with Crippen molar-refractivity contribution >= 4 is 16.5 Å². The molecule has 0 heterocycles. The predicted molar refractivity (Wildman–Crippen MR) is 67.7 cm³/mol. The van der Waals surface area contributed by atoms with Crippen LogP contribution in [0.1, 0.15) is 19.8 Å². The van der Waals surface area contributed by atoms with Gasteiger partial charge in [0.2, 0.25) is 0 Å². The molecule has 1 radical (unpaired) electrons. The molecule has 0 atom stereocenters. The quantitative estimate of drug-likeness (QED) is 0.630. The van der Waals surface area contributed by atoms with Gasteiger partial charge in [-0.2, -0.15) is 0 Å². The van der Waals surface area contributed by atoms with Gasteiger partial charge >= 0.3 is 0 Å². The molecule has 0 N–H and O–H groups in total. The lowest BCUT2D eigenvalue weighted by molar-refractivity contribution is 0.671. The largest absolute Gasteiger partial charge is 0.342 e. The summed E-state index contributed by atoms with van der Waals surface area (Å²) < 4.78 is 2.74. The van der Waals surface area contributed by atoms with Crippen LogP contribution in [0.5, 0.6) is 0 Å². The molecule has 0 aliphatic carbocycles. The monoisotopic (exact) mass is 216 g/mol. The van der Waals surface area contributed by atoms with E-state index in [0.717, 1.165) is 0 Å². The topological polar surface area (TPSA) is 3.24 Å². The maximum Gasteiger partial charge on any atom is 0.112 e. The second kappa shape index (κ2) is 4.76. The lowest BCUT2D eigenvalue weighted by Gasteiger charge is -2.43. The Balaban J connectivity index is 4.39. The maximum atomic E-state index is 2.74. The molecule has 0 amide bonds. The third kappa shape index (κ3) is 4.98. The lowest BCUT2D eigenvalue weighted by Crippen LogP contribution is -2.57. The van der Waals surface area contributed by atoms with Gasteiger partial charge in [-0.25, -0.2) is 0 Å². The van der Waals surface area contributed by atoms with Gasteiger partial charge < -0.3 is 4.23 Å². The van der Waals surface area contributed by atoms with Gasteiger partial charge in [-0.1, -0.05) is 52.6 Å². The summed E-state index contributed by atoms with van der Waals surface area (Å²) in [6.45, 7) is 19.4. The Morgan fingerprint density at radius 3 is 1.54 bits per heavy atom. The molecule has 0 saturated carbocycles. The van der Waals surface area contributed by atoms with Crippen molar-refractivity contribution in [3.63, 3.8) is 0 Å². The van der Waals surface area contributed by atoms with Crippen molar-refractivity contribution in [3.8, 4) is 0 Å². The summed E-state index contributed by atoms with van der Waals surface area (Å²) in [6.07, 6.45) is 2.51. The van der Waals surface area contributed by atoms with Gasteiger partial charge in [0.1, 0.15) is 16.5 Å². The minimum Gasteiger partial charge on any atom is -0.342 e. The van der Waals surface area contributed by atoms with Gasteiger partial charge in [0, 0.05) is 6.54 Å². The van der Waals surface area contributed by atoms with Crippen molar-refractivity contribution in [2.75, 3.05) is 0 Å². The molecule has 0 spiro atoms. The summed E-state index contributed by atoms with van der Waals surface area (Å²) in [4.78, 5) is 0. The van der Waals surface area contributed by atoms with E-state index in [0.29, 0.717) is 0 Å². The van der Waals surface area contributed by atoms with Crippen LogP contribution in [0.25, 0.3) is 0 Å². The molecule has 0 aromatic carbocycles. The molecular formula is C10H26NSi2. The first kappa shape index (κ1) is 13.4. The van der Waals surface area contributed by atoms with Gasteiger partial charge in [-0.05, 0) is 6.42 Å². The SMILES string of the molecule is CCC[CH]N([Si](C)(C)C)[Si](C)(C)C. The van der Waals surface area contributed by atoms with E-state index < -0.39 is 16.5 Å². The number of hydrogen-bond acceptors (Lipinski definition) is 1. The van der Waals surface area contributed by atoms with Crippen molar-refractivity contribution in [2.24, 2.45) is 0 Å². The van der Waals surface area contributed by atoms with Crippen LogP contribution in [0, 0.1) is 6.54 Å². The molecule has 13 heavy (non-hydrogen) atoms. The smallest absolute Gasteiger partial charge is 0.112 e. The van der Waals surface area contributed by atoms with Crippen molar-refractivity contribution in [2.45, 2.75) is 59.0 Å². The average molecular weight is 216 g/mol. The van der Waals surface area contributed by atoms with Crippen molar-refractivity contribution < 1.29 is 0 Å². The fourth-order valence-electron chi connectivity index (χ4n) is 1.81. The first-order valence-corrected chi connectivity index (χ1v) is 12.2. The van der Waals surface area contributed by atoms with Gasteiger partial charge in [-0.3, -0.25) is 0 Å². The maximum absolute atomic E-state index is 2.74. The Bertz CT molecular complexity index is 130. The summed E-state index contributed by atoms with van der Waals surface area (Å²) in [6, 6.07) is 0. The summed E-state index contributed by atoms with van der Waals surface area (Å²) in [5, 5.41) is 0. The van der Waals surface area contributed by atoms with Crippen LogP contribution in [-0.4, -0.2) is 20.7 Å². The molecule has 0 aliphatic heterocycles. The Morgan fingerprint density at radius 1 is 0.923 bits per heavy atom. The molecule has 0 unspecified atom stereocenters. The average Bonchev–Trinajstić information content (AvgIpc) is 1.81. The highest BCUT2D eigenvalue weighted by Crippen LogP contribution is 2.22. The molecule has 79 valence electrons. The Kier molecular flexibility index (Phi) is 4.90. The van der Waals surface area contributed by atoms with Gasteiger partial charge in [-0.15, -0.1) is 0 Å². The number of rotatable bonds is 5. The number of nitrogens with zero attached hydrogens (tertiary/aromatic N) is 1. The Labute approximate surface area is 86.7 Å². The van der Waals surface area contributed by atoms with E-state index in [-0.39, 0.29) is 0 Å². The molecule has 0 aromatic rings. The summed E-state index contributed by atoms with van der Waals surface area (Å²) >= 11 is 0. The van der Waals surface area contributed by atoms with Gasteiger partial charge in [0.25, 0.3) is 0 Å². The highest BCUT2D eigenvalue weighted by atomic mass is 28.4. The Morgan fingerprint density at radius 2 is 1.31 bits per heavy atom. The second-order valence-corrected chi connectivity index (χ2v) is 15.8. The molecule has 0 aliphatic rings. The molecule has 0 aromatic heterocycles. The van der Waals surface area contributed by atoms with E-state index in [1.165, 1.54) is 12.8 Å². The van der Waals surface area contributed by atoms with E-state index >= 15 is 0 Å². The van der Waals surface area contributed by atoms with Gasteiger partial charge in [0.05, 0.1) is 0 Å². The standard InChI is InChI=1S/C10H26NSi2/c1-8-9-10-11(12(2,3)4)13(5,6)7/h10H,8-9H2,1-7H3. The predicted octanol–water partition coefficient (Wildman–Crippen LogP) is 3.92. The van der Waals surface area contributed by atoms with E-state index in [2.05, 4.69) is 57.0 Å². The van der Waals surface area contributed by atoms with Crippen LogP contribution in [0.3, 0.4) is 0 Å². The fourth-order valence-corrected chi connectivity index (χ4v) is 11.2. The Hall–Kier alpha value is 0.394. The molecule has 1 nitrogen and oxygen atoms in total. The molecule has 0 bridgehead atoms. The molecular weight excluding hydrogens is 190 g/mol. The number of hydrogen-bond donors (Lipinski definition) is 0. The highest BCUT2D eigenvalue weighted by molar-refractivity contribution is 6.89. The normalized spacial score (nSPS) is 13.8. The zero-order chi connectivity index (χ0) is 10.7. The second-order valence-electron chi connectivity index (χ2n) is 5.68. The van der Waals surface area contributed by atoms with Crippen LogP contribution in [0.4, 0.5) is 0 Å². The van der Waals surface area contributed by atoms with Crippen LogP contribution in [0.2, 0.25) is 39.3 Å². The minimum absolute atomic E-state index is 1.12. The number of unbranched alkanes of at least 4 members (excludes halogenated alkanes) is 1. The van der Waals surface area contributed by atoms with Crippen molar-refractivity contribution in [1.82, 2.24) is 4.23 Å². The molecule has 0 fully saturated rings. The van der Waals surface area contributed by atoms with E-state index in [1.807, 2.05) is 0 Å². The molecule has 0 saturated heterocycles. The van der Waals surface area contributed by atoms with Crippen LogP contribution < -0.4 is 0 Å². The zero-order valence-corrected chi connectivity index (χ0v) is 12.4. The highest BCUT2D eigenvalue weighted by Gasteiger charge is 2.33. The lowest BCUT2D eigenvalue weighted by atomic mass is 10.3. The van der Waals surface area contributed by atoms with Gasteiger partial charge in [0.15, 0.2) is 0 Å². The molecule has 3 heteroatoms. The van der Waals surface area contributed by atoms with Crippen molar-refractivity contribution in [1.29, 1.82) is 0 Å². The zero-order valence-electron chi connectivity index (χ0n) is 10.4. The third-order valence-corrected chi connectivity index (χ3v) is 9.33. The van der Waals surface area contributed by atoms with Crippen LogP contribution in [0.15, 0.2) is 0 Å². The fraction of sp³-hybridized carbons (Fsp3) is 0.900. The first-order chi connectivity index (χ1) is 5.69. The third-order valence-electron chi connectivity index (χ3n) is 2.05. The van der Waals surface area contributed by atoms with Crippen LogP contribution in [-0.2, 0) is 0 Å². The summed E-state index contributed by atoms with van der Waals surface area (Å²) in [7, 11) is -2.24. The van der Waals surface area contributed by atoms with E-state index in [4.69, 9.17) is 0 Å². The van der Waals surface area contributed by atoms with E-state index in [9.17, 15) is 0 Å². The first-order valence-electron chi connectivity index (χ1n) is 5.32. The summed E-state index contributed by atoms with van der Waals surface area (Å²) in [5.41, 5.74) is 0. The minimum atomic E-state index is -1.12. The van der Waals surface area contributed by atoms with Crippen molar-refractivity contribution in [3.05, 3.63) is 6.54 Å². The van der Waals surface area contributed by atoms with E-state index in [1.54, 1.807) is 0 Å². The van der Waals surface area contributed by atoms with Crippen LogP contribution >= 0.6 is 0 Å².